The second-order valence-corrected chi connectivity index (χ2v) is 7.90. The van der Waals surface area contributed by atoms with Gasteiger partial charge in [0.05, 0.1) is 0 Å². The predicted octanol–water partition coefficient (Wildman–Crippen LogP) is 8.34. The molecule has 0 spiro atoms. The van der Waals surface area contributed by atoms with Crippen molar-refractivity contribution in [2.24, 2.45) is 0 Å². The average molecular weight is 380 g/mol. The van der Waals surface area contributed by atoms with Crippen LogP contribution in [0, 0.1) is 0 Å². The van der Waals surface area contributed by atoms with Crippen molar-refractivity contribution >= 4 is 0 Å². The molecule has 0 aromatic heterocycles. The fourth-order valence-electron chi connectivity index (χ4n) is 4.35. The zero-order valence-corrected chi connectivity index (χ0v) is 16.5. The Morgan fingerprint density at radius 3 is 0.933 bits per heavy atom. The summed E-state index contributed by atoms with van der Waals surface area (Å²) >= 11 is 0. The Labute approximate surface area is 177 Å². The lowest BCUT2D eigenvalue weighted by molar-refractivity contribution is 1.74. The first-order valence-electron chi connectivity index (χ1n) is 10.4. The van der Waals surface area contributed by atoms with Gasteiger partial charge < -0.3 is 0 Å². The topological polar surface area (TPSA) is 0 Å². The summed E-state index contributed by atoms with van der Waals surface area (Å²) in [7, 11) is 0. The Bertz CT molecular complexity index is 1300. The standard InChI is InChI=1S/C30H20/c1-2-5-25-17-29(18-26(25)6-3-1)24-13-15-27-19-30(20-28(27)16-14-24)23-11-9-21-7-4-8-22(21)10-12-23/h1-20H. The molecule has 0 fully saturated rings. The Kier molecular flexibility index (Phi) is 3.89. The van der Waals surface area contributed by atoms with E-state index < -0.39 is 0 Å². The number of hydrogen-bond acceptors (Lipinski definition) is 0. The minimum Gasteiger partial charge on any atom is -0.0622 e. The molecule has 0 radical (unpaired) electrons. The lowest BCUT2D eigenvalue weighted by atomic mass is 10.1. The summed E-state index contributed by atoms with van der Waals surface area (Å²) < 4.78 is 0. The first-order valence-corrected chi connectivity index (χ1v) is 10.4. The van der Waals surface area contributed by atoms with Crippen molar-refractivity contribution in [3.05, 3.63) is 121 Å². The molecule has 0 aromatic rings. The Morgan fingerprint density at radius 2 is 0.500 bits per heavy atom. The summed E-state index contributed by atoms with van der Waals surface area (Å²) in [5, 5.41) is 0. The molecule has 0 atom stereocenters. The molecule has 6 rings (SSSR count). The molecule has 140 valence electrons. The molecule has 0 aliphatic heterocycles. The molecule has 0 aromatic carbocycles. The van der Waals surface area contributed by atoms with Crippen molar-refractivity contribution < 1.29 is 0 Å². The maximum atomic E-state index is 2.29. The van der Waals surface area contributed by atoms with Crippen LogP contribution in [-0.4, -0.2) is 0 Å². The summed E-state index contributed by atoms with van der Waals surface area (Å²) in [6.07, 6.45) is 0. The van der Waals surface area contributed by atoms with Gasteiger partial charge in [0.25, 0.3) is 0 Å². The minimum atomic E-state index is 1.25. The number of hydrogen-bond donors (Lipinski definition) is 0. The van der Waals surface area contributed by atoms with Crippen molar-refractivity contribution in [1.29, 1.82) is 0 Å². The zero-order valence-electron chi connectivity index (χ0n) is 16.5. The largest absolute Gasteiger partial charge is 0.0622 e. The van der Waals surface area contributed by atoms with Gasteiger partial charge >= 0.3 is 0 Å². The Hall–Kier alpha value is -3.90. The minimum absolute atomic E-state index is 1.25. The van der Waals surface area contributed by atoms with Crippen LogP contribution in [0.25, 0.3) is 55.6 Å². The third-order valence-electron chi connectivity index (χ3n) is 6.01. The monoisotopic (exact) mass is 380 g/mol. The van der Waals surface area contributed by atoms with Gasteiger partial charge in [-0.3, -0.25) is 0 Å². The summed E-state index contributed by atoms with van der Waals surface area (Å²) in [6, 6.07) is 44.0. The molecule has 0 nitrogen and oxygen atoms in total. The highest BCUT2D eigenvalue weighted by Crippen LogP contribution is 2.36. The molecule has 0 heteroatoms. The van der Waals surface area contributed by atoms with E-state index in [0.717, 1.165) is 0 Å². The van der Waals surface area contributed by atoms with E-state index in [1.54, 1.807) is 0 Å². The quantitative estimate of drug-likeness (QED) is 0.283. The molecule has 0 saturated heterocycles. The van der Waals surface area contributed by atoms with Gasteiger partial charge in [-0.2, -0.15) is 0 Å². The van der Waals surface area contributed by atoms with Gasteiger partial charge in [0.1, 0.15) is 0 Å². The lowest BCUT2D eigenvalue weighted by Crippen LogP contribution is -1.67. The van der Waals surface area contributed by atoms with Crippen LogP contribution in [0.2, 0.25) is 0 Å². The van der Waals surface area contributed by atoms with Gasteiger partial charge in [-0.15, -0.1) is 0 Å². The van der Waals surface area contributed by atoms with Crippen molar-refractivity contribution in [3.63, 3.8) is 0 Å². The van der Waals surface area contributed by atoms with Crippen LogP contribution in [0.4, 0.5) is 0 Å². The molecule has 0 amide bonds. The fourth-order valence-corrected chi connectivity index (χ4v) is 4.35. The number of fused-ring (bicyclic) bond motifs is 3. The van der Waals surface area contributed by atoms with Crippen LogP contribution in [0.5, 0.6) is 0 Å². The summed E-state index contributed by atoms with van der Waals surface area (Å²) in [5.41, 5.74) is 12.7. The smallest absolute Gasteiger partial charge is 0.0172 e. The highest BCUT2D eigenvalue weighted by Gasteiger charge is 2.10. The van der Waals surface area contributed by atoms with E-state index in [0.29, 0.717) is 0 Å². The molecule has 0 bridgehead atoms. The predicted molar refractivity (Wildman–Crippen MR) is 127 cm³/mol. The highest BCUT2D eigenvalue weighted by atomic mass is 14.1. The lowest BCUT2D eigenvalue weighted by Gasteiger charge is -1.92. The molecule has 0 heterocycles. The van der Waals surface area contributed by atoms with E-state index in [1.165, 1.54) is 55.6 Å². The molecule has 30 heavy (non-hydrogen) atoms. The van der Waals surface area contributed by atoms with Crippen LogP contribution in [0.1, 0.15) is 0 Å². The van der Waals surface area contributed by atoms with Gasteiger partial charge in [0, 0.05) is 0 Å². The third kappa shape index (κ3) is 2.94. The van der Waals surface area contributed by atoms with E-state index in [2.05, 4.69) is 121 Å². The second-order valence-electron chi connectivity index (χ2n) is 7.90. The Balaban J connectivity index is 1.41. The van der Waals surface area contributed by atoms with Crippen molar-refractivity contribution in [3.8, 4) is 55.6 Å². The number of rotatable bonds is 2. The van der Waals surface area contributed by atoms with E-state index >= 15 is 0 Å². The molecule has 0 N–H and O–H groups in total. The van der Waals surface area contributed by atoms with Gasteiger partial charge in [0.15, 0.2) is 0 Å². The summed E-state index contributed by atoms with van der Waals surface area (Å²) in [5.74, 6) is 0. The van der Waals surface area contributed by atoms with Crippen molar-refractivity contribution in [2.45, 2.75) is 0 Å². The van der Waals surface area contributed by atoms with Crippen LogP contribution in [-0.2, 0) is 0 Å². The molecule has 0 saturated carbocycles. The van der Waals surface area contributed by atoms with Crippen LogP contribution >= 0.6 is 0 Å². The van der Waals surface area contributed by atoms with E-state index in [-0.39, 0.29) is 0 Å². The van der Waals surface area contributed by atoms with E-state index in [1.807, 2.05) is 0 Å². The Morgan fingerprint density at radius 1 is 0.200 bits per heavy atom. The maximum absolute atomic E-state index is 2.29. The molecule has 0 unspecified atom stereocenters. The average Bonchev–Trinajstić information content (AvgIpc) is 3.36. The summed E-state index contributed by atoms with van der Waals surface area (Å²) in [4.78, 5) is 0. The van der Waals surface area contributed by atoms with E-state index in [9.17, 15) is 0 Å². The second kappa shape index (κ2) is 6.86. The first kappa shape index (κ1) is 17.0. The SMILES string of the molecule is c1ccc2cc(-c3ccc4cc(-c5ccc6cccc-6cc5)cc-4cc3)cc-2cc1. The van der Waals surface area contributed by atoms with Crippen LogP contribution in [0.3, 0.4) is 0 Å². The van der Waals surface area contributed by atoms with Crippen LogP contribution < -0.4 is 0 Å². The molecular formula is C30H20. The fraction of sp³-hybridized carbons (Fsp3) is 0. The molecule has 6 aliphatic rings. The van der Waals surface area contributed by atoms with Gasteiger partial charge in [-0.05, 0) is 79.9 Å². The van der Waals surface area contributed by atoms with E-state index in [4.69, 9.17) is 0 Å². The first-order chi connectivity index (χ1) is 14.8. The third-order valence-corrected chi connectivity index (χ3v) is 6.01. The molecular weight excluding hydrogens is 360 g/mol. The van der Waals surface area contributed by atoms with Crippen LogP contribution in [0.15, 0.2) is 121 Å². The van der Waals surface area contributed by atoms with Gasteiger partial charge in [0.2, 0.25) is 0 Å². The molecule has 6 aliphatic carbocycles. The normalized spacial score (nSPS) is 11.3. The zero-order chi connectivity index (χ0) is 19.9. The van der Waals surface area contributed by atoms with Gasteiger partial charge in [-0.25, -0.2) is 0 Å². The van der Waals surface area contributed by atoms with Gasteiger partial charge in [-0.1, -0.05) is 97.1 Å². The van der Waals surface area contributed by atoms with Crippen molar-refractivity contribution in [1.82, 2.24) is 0 Å². The highest BCUT2D eigenvalue weighted by molar-refractivity contribution is 5.84. The maximum Gasteiger partial charge on any atom is -0.0172 e. The summed E-state index contributed by atoms with van der Waals surface area (Å²) in [6.45, 7) is 0. The van der Waals surface area contributed by atoms with Crippen molar-refractivity contribution in [2.75, 3.05) is 0 Å².